The zero-order valence-electron chi connectivity index (χ0n) is 14.9. The highest BCUT2D eigenvalue weighted by atomic mass is 16.5. The molecule has 4 heteroatoms. The highest BCUT2D eigenvalue weighted by Gasteiger charge is 2.29. The van der Waals surface area contributed by atoms with Crippen LogP contribution in [-0.4, -0.2) is 31.1 Å². The van der Waals surface area contributed by atoms with Crippen LogP contribution in [0.4, 0.5) is 0 Å². The molecule has 25 heavy (non-hydrogen) atoms. The van der Waals surface area contributed by atoms with Gasteiger partial charge in [-0.3, -0.25) is 4.79 Å². The maximum absolute atomic E-state index is 13.1. The molecule has 132 valence electrons. The third-order valence-electron chi connectivity index (χ3n) is 4.54. The molecule has 1 atom stereocenters. The van der Waals surface area contributed by atoms with Crippen LogP contribution >= 0.6 is 0 Å². The van der Waals surface area contributed by atoms with Gasteiger partial charge in [0.1, 0.15) is 18.1 Å². The van der Waals surface area contributed by atoms with Crippen LogP contribution in [0.2, 0.25) is 0 Å². The van der Waals surface area contributed by atoms with Crippen molar-refractivity contribution in [3.05, 3.63) is 59.7 Å². The number of fused-ring (bicyclic) bond motifs is 1. The first-order valence-corrected chi connectivity index (χ1v) is 8.83. The van der Waals surface area contributed by atoms with Crippen molar-refractivity contribution in [2.24, 2.45) is 5.92 Å². The summed E-state index contributed by atoms with van der Waals surface area (Å²) in [5.41, 5.74) is 2.20. The molecule has 0 bridgehead atoms. The Bertz CT molecular complexity index is 714. The van der Waals surface area contributed by atoms with Crippen LogP contribution in [0.5, 0.6) is 11.5 Å². The second kappa shape index (κ2) is 8.06. The summed E-state index contributed by atoms with van der Waals surface area (Å²) in [5.74, 6) is 1.68. The zero-order chi connectivity index (χ0) is 17.6. The van der Waals surface area contributed by atoms with Gasteiger partial charge in [-0.1, -0.05) is 37.3 Å². The summed E-state index contributed by atoms with van der Waals surface area (Å²) in [6, 6.07) is 15.9. The predicted octanol–water partition coefficient (Wildman–Crippen LogP) is 3.69. The van der Waals surface area contributed by atoms with Gasteiger partial charge >= 0.3 is 0 Å². The molecule has 0 radical (unpaired) electrons. The SMILES string of the molecule is CCCN(Cc1ccccc1)C(=O)C1COc2ccc(OC)cc2C1. The minimum Gasteiger partial charge on any atom is -0.497 e. The third kappa shape index (κ3) is 4.13. The Balaban J connectivity index is 1.73. The lowest BCUT2D eigenvalue weighted by Gasteiger charge is -2.30. The second-order valence-corrected chi connectivity index (χ2v) is 6.43. The van der Waals surface area contributed by atoms with Crippen molar-refractivity contribution in [1.82, 2.24) is 4.90 Å². The van der Waals surface area contributed by atoms with Crippen LogP contribution in [-0.2, 0) is 17.8 Å². The van der Waals surface area contributed by atoms with Gasteiger partial charge in [-0.15, -0.1) is 0 Å². The van der Waals surface area contributed by atoms with E-state index in [2.05, 4.69) is 19.1 Å². The lowest BCUT2D eigenvalue weighted by molar-refractivity contribution is -0.137. The van der Waals surface area contributed by atoms with Crippen LogP contribution in [0.15, 0.2) is 48.5 Å². The molecule has 0 aliphatic carbocycles. The van der Waals surface area contributed by atoms with E-state index in [1.54, 1.807) is 7.11 Å². The van der Waals surface area contributed by atoms with Crippen molar-refractivity contribution < 1.29 is 14.3 Å². The Morgan fingerprint density at radius 2 is 2.04 bits per heavy atom. The number of nitrogens with zero attached hydrogens (tertiary/aromatic N) is 1. The summed E-state index contributed by atoms with van der Waals surface area (Å²) < 4.78 is 11.1. The van der Waals surface area contributed by atoms with Gasteiger partial charge in [0.05, 0.1) is 13.0 Å². The molecular weight excluding hydrogens is 314 g/mol. The lowest BCUT2D eigenvalue weighted by atomic mass is 9.95. The maximum Gasteiger partial charge on any atom is 0.229 e. The fourth-order valence-electron chi connectivity index (χ4n) is 3.26. The number of carbonyl (C=O) groups is 1. The first kappa shape index (κ1) is 17.3. The van der Waals surface area contributed by atoms with Gasteiger partial charge in [0, 0.05) is 13.1 Å². The summed E-state index contributed by atoms with van der Waals surface area (Å²) in [5, 5.41) is 0. The van der Waals surface area contributed by atoms with Gasteiger partial charge in [0.25, 0.3) is 0 Å². The van der Waals surface area contributed by atoms with E-state index in [9.17, 15) is 4.79 Å². The number of ether oxygens (including phenoxy) is 2. The highest BCUT2D eigenvalue weighted by Crippen LogP contribution is 2.31. The van der Waals surface area contributed by atoms with Gasteiger partial charge < -0.3 is 14.4 Å². The van der Waals surface area contributed by atoms with Crippen LogP contribution in [0.3, 0.4) is 0 Å². The van der Waals surface area contributed by atoms with Crippen molar-refractivity contribution in [2.75, 3.05) is 20.3 Å². The fraction of sp³-hybridized carbons (Fsp3) is 0.381. The van der Waals surface area contributed by atoms with Crippen molar-refractivity contribution in [3.63, 3.8) is 0 Å². The molecule has 1 aliphatic rings. The average molecular weight is 339 g/mol. The molecule has 2 aromatic rings. The van der Waals surface area contributed by atoms with Crippen LogP contribution < -0.4 is 9.47 Å². The quantitative estimate of drug-likeness (QED) is 0.806. The molecule has 0 saturated carbocycles. The smallest absolute Gasteiger partial charge is 0.229 e. The molecule has 4 nitrogen and oxygen atoms in total. The van der Waals surface area contributed by atoms with Crippen LogP contribution in [0.25, 0.3) is 0 Å². The van der Waals surface area contributed by atoms with Gasteiger partial charge in [-0.25, -0.2) is 0 Å². The number of benzene rings is 2. The number of amides is 1. The van der Waals surface area contributed by atoms with E-state index in [-0.39, 0.29) is 11.8 Å². The van der Waals surface area contributed by atoms with Gasteiger partial charge in [0.2, 0.25) is 5.91 Å². The summed E-state index contributed by atoms with van der Waals surface area (Å²) >= 11 is 0. The molecular formula is C21H25NO3. The number of carbonyl (C=O) groups excluding carboxylic acids is 1. The molecule has 0 fully saturated rings. The molecule has 1 heterocycles. The minimum atomic E-state index is -0.144. The molecule has 1 unspecified atom stereocenters. The molecule has 1 amide bonds. The monoisotopic (exact) mass is 339 g/mol. The minimum absolute atomic E-state index is 0.144. The van der Waals surface area contributed by atoms with Crippen molar-refractivity contribution >= 4 is 5.91 Å². The number of rotatable bonds is 6. The first-order valence-electron chi connectivity index (χ1n) is 8.83. The van der Waals surface area contributed by atoms with Gasteiger partial charge in [0.15, 0.2) is 0 Å². The number of hydrogen-bond donors (Lipinski definition) is 0. The summed E-state index contributed by atoms with van der Waals surface area (Å²) in [7, 11) is 1.65. The Labute approximate surface area is 149 Å². The van der Waals surface area contributed by atoms with Crippen molar-refractivity contribution in [3.8, 4) is 11.5 Å². The Kier molecular flexibility index (Phi) is 5.59. The molecule has 0 spiro atoms. The highest BCUT2D eigenvalue weighted by molar-refractivity contribution is 5.80. The Hall–Kier alpha value is -2.49. The number of hydrogen-bond acceptors (Lipinski definition) is 3. The Morgan fingerprint density at radius 3 is 2.76 bits per heavy atom. The maximum atomic E-state index is 13.1. The van der Waals surface area contributed by atoms with E-state index in [0.717, 1.165) is 35.6 Å². The third-order valence-corrected chi connectivity index (χ3v) is 4.54. The standard InChI is InChI=1S/C21H25NO3/c1-3-11-22(14-16-7-5-4-6-8-16)21(23)18-12-17-13-19(24-2)9-10-20(17)25-15-18/h4-10,13,18H,3,11-12,14-15H2,1-2H3. The fourth-order valence-corrected chi connectivity index (χ4v) is 3.26. The van der Waals surface area contributed by atoms with E-state index in [1.807, 2.05) is 41.3 Å². The largest absolute Gasteiger partial charge is 0.497 e. The van der Waals surface area contributed by atoms with Crippen LogP contribution in [0.1, 0.15) is 24.5 Å². The van der Waals surface area contributed by atoms with E-state index in [4.69, 9.17) is 9.47 Å². The van der Waals surface area contributed by atoms with E-state index >= 15 is 0 Å². The van der Waals surface area contributed by atoms with E-state index in [1.165, 1.54) is 0 Å². The lowest BCUT2D eigenvalue weighted by Crippen LogP contribution is -2.40. The van der Waals surface area contributed by atoms with Gasteiger partial charge in [-0.2, -0.15) is 0 Å². The topological polar surface area (TPSA) is 38.8 Å². The van der Waals surface area contributed by atoms with Crippen LogP contribution in [0, 0.1) is 5.92 Å². The van der Waals surface area contributed by atoms with Crippen molar-refractivity contribution in [1.29, 1.82) is 0 Å². The predicted molar refractivity (Wildman–Crippen MR) is 97.8 cm³/mol. The number of methoxy groups -OCH3 is 1. The summed E-state index contributed by atoms with van der Waals surface area (Å²) in [6.07, 6.45) is 1.64. The summed E-state index contributed by atoms with van der Waals surface area (Å²) in [6.45, 7) is 3.94. The molecule has 2 aromatic carbocycles. The zero-order valence-corrected chi connectivity index (χ0v) is 14.9. The Morgan fingerprint density at radius 1 is 1.24 bits per heavy atom. The average Bonchev–Trinajstić information content (AvgIpc) is 2.67. The van der Waals surface area contributed by atoms with E-state index < -0.39 is 0 Å². The van der Waals surface area contributed by atoms with E-state index in [0.29, 0.717) is 19.6 Å². The molecule has 3 rings (SSSR count). The molecule has 0 aromatic heterocycles. The molecule has 1 aliphatic heterocycles. The second-order valence-electron chi connectivity index (χ2n) is 6.43. The first-order chi connectivity index (χ1) is 12.2. The van der Waals surface area contributed by atoms with Crippen molar-refractivity contribution in [2.45, 2.75) is 26.3 Å². The van der Waals surface area contributed by atoms with Gasteiger partial charge in [-0.05, 0) is 42.2 Å². The molecule has 0 saturated heterocycles. The molecule has 0 N–H and O–H groups in total. The summed E-state index contributed by atoms with van der Waals surface area (Å²) in [4.78, 5) is 15.0. The normalized spacial score (nSPS) is 15.8.